The van der Waals surface area contributed by atoms with Crippen molar-refractivity contribution in [1.82, 2.24) is 14.7 Å². The zero-order valence-corrected chi connectivity index (χ0v) is 15.1. The molecule has 5 heteroatoms. The lowest BCUT2D eigenvalue weighted by atomic mass is 10.1. The van der Waals surface area contributed by atoms with E-state index in [4.69, 9.17) is 14.6 Å². The lowest BCUT2D eigenvalue weighted by Gasteiger charge is -2.21. The van der Waals surface area contributed by atoms with Crippen LogP contribution in [0.15, 0.2) is 18.2 Å². The Morgan fingerprint density at radius 2 is 1.92 bits per heavy atom. The van der Waals surface area contributed by atoms with Crippen LogP contribution in [0, 0.1) is 13.8 Å². The largest absolute Gasteiger partial charge is 0.454 e. The van der Waals surface area contributed by atoms with E-state index in [9.17, 15) is 0 Å². The van der Waals surface area contributed by atoms with E-state index in [1.165, 1.54) is 16.8 Å². The number of aryl methyl sites for hydroxylation is 2. The second kappa shape index (κ2) is 7.26. The normalized spacial score (nSPS) is 13.0. The van der Waals surface area contributed by atoms with Crippen LogP contribution in [0.5, 0.6) is 11.5 Å². The van der Waals surface area contributed by atoms with Gasteiger partial charge < -0.3 is 9.47 Å². The summed E-state index contributed by atoms with van der Waals surface area (Å²) in [6.07, 6.45) is 1.11. The molecule has 1 aliphatic rings. The zero-order valence-electron chi connectivity index (χ0n) is 15.1. The molecular formula is C19H27N3O2. The van der Waals surface area contributed by atoms with Gasteiger partial charge in [-0.3, -0.25) is 9.58 Å². The predicted octanol–water partition coefficient (Wildman–Crippen LogP) is 3.66. The summed E-state index contributed by atoms with van der Waals surface area (Å²) in [6, 6.07) is 6.21. The Balaban J connectivity index is 1.73. The van der Waals surface area contributed by atoms with Crippen LogP contribution in [0.4, 0.5) is 0 Å². The fourth-order valence-electron chi connectivity index (χ4n) is 3.19. The van der Waals surface area contributed by atoms with Crippen LogP contribution in [0.2, 0.25) is 0 Å². The van der Waals surface area contributed by atoms with Crippen LogP contribution in [-0.4, -0.2) is 28.0 Å². The molecule has 1 aromatic carbocycles. The van der Waals surface area contributed by atoms with Crippen LogP contribution in [0.25, 0.3) is 0 Å². The van der Waals surface area contributed by atoms with Gasteiger partial charge in [-0.2, -0.15) is 5.10 Å². The maximum Gasteiger partial charge on any atom is 0.231 e. The molecule has 130 valence electrons. The Bertz CT molecular complexity index is 709. The van der Waals surface area contributed by atoms with Crippen molar-refractivity contribution in [3.8, 4) is 11.5 Å². The van der Waals surface area contributed by atoms with Crippen molar-refractivity contribution in [2.45, 2.75) is 53.8 Å². The van der Waals surface area contributed by atoms with Crippen LogP contribution < -0.4 is 9.47 Å². The molecule has 0 unspecified atom stereocenters. The molecule has 5 nitrogen and oxygen atoms in total. The standard InChI is InChI=1S/C19H27N3O2/c1-5-9-22-15(4)17(14(3)20-22)12-21(6-2)11-16-7-8-18-19(10-16)24-13-23-18/h7-8,10H,5-6,9,11-13H2,1-4H3. The molecule has 1 aliphatic heterocycles. The maximum atomic E-state index is 5.49. The van der Waals surface area contributed by atoms with Gasteiger partial charge in [-0.15, -0.1) is 0 Å². The van der Waals surface area contributed by atoms with E-state index in [1.54, 1.807) is 0 Å². The number of aromatic nitrogens is 2. The average Bonchev–Trinajstić information content (AvgIpc) is 3.14. The van der Waals surface area contributed by atoms with E-state index in [0.29, 0.717) is 6.79 Å². The Hall–Kier alpha value is -2.01. The van der Waals surface area contributed by atoms with E-state index in [1.807, 2.05) is 6.07 Å². The van der Waals surface area contributed by atoms with Gasteiger partial charge in [0.05, 0.1) is 5.69 Å². The summed E-state index contributed by atoms with van der Waals surface area (Å²) in [6.45, 7) is 12.8. The highest BCUT2D eigenvalue weighted by atomic mass is 16.7. The quantitative estimate of drug-likeness (QED) is 0.777. The summed E-state index contributed by atoms with van der Waals surface area (Å²) < 4.78 is 13.0. The lowest BCUT2D eigenvalue weighted by Crippen LogP contribution is -2.23. The first-order chi connectivity index (χ1) is 11.6. The van der Waals surface area contributed by atoms with Gasteiger partial charge in [0.15, 0.2) is 11.5 Å². The molecule has 0 atom stereocenters. The van der Waals surface area contributed by atoms with Crippen molar-refractivity contribution in [3.05, 3.63) is 40.7 Å². The number of hydrogen-bond acceptors (Lipinski definition) is 4. The molecule has 0 spiro atoms. The summed E-state index contributed by atoms with van der Waals surface area (Å²) in [7, 11) is 0. The van der Waals surface area contributed by atoms with E-state index >= 15 is 0 Å². The van der Waals surface area contributed by atoms with Crippen LogP contribution >= 0.6 is 0 Å². The minimum Gasteiger partial charge on any atom is -0.454 e. The highest BCUT2D eigenvalue weighted by Crippen LogP contribution is 2.33. The van der Waals surface area contributed by atoms with Gasteiger partial charge in [-0.1, -0.05) is 19.9 Å². The Labute approximate surface area is 144 Å². The van der Waals surface area contributed by atoms with Crippen LogP contribution in [-0.2, 0) is 19.6 Å². The number of nitrogens with zero attached hydrogens (tertiary/aromatic N) is 3. The molecule has 24 heavy (non-hydrogen) atoms. The van der Waals surface area contributed by atoms with E-state index in [0.717, 1.165) is 49.8 Å². The van der Waals surface area contributed by atoms with Crippen molar-refractivity contribution in [2.24, 2.45) is 0 Å². The lowest BCUT2D eigenvalue weighted by molar-refractivity contribution is 0.174. The summed E-state index contributed by atoms with van der Waals surface area (Å²) in [5.74, 6) is 1.70. The Morgan fingerprint density at radius 3 is 2.67 bits per heavy atom. The molecular weight excluding hydrogens is 302 g/mol. The first kappa shape index (κ1) is 16.8. The fourth-order valence-corrected chi connectivity index (χ4v) is 3.19. The predicted molar refractivity (Wildman–Crippen MR) is 94.3 cm³/mol. The molecule has 0 bridgehead atoms. The molecule has 2 aromatic rings. The Morgan fingerprint density at radius 1 is 1.12 bits per heavy atom. The minimum absolute atomic E-state index is 0.325. The molecule has 0 N–H and O–H groups in total. The van der Waals surface area contributed by atoms with Gasteiger partial charge in [-0.25, -0.2) is 0 Å². The van der Waals surface area contributed by atoms with Gasteiger partial charge in [0, 0.05) is 30.9 Å². The van der Waals surface area contributed by atoms with Gasteiger partial charge in [0.1, 0.15) is 0 Å². The molecule has 0 saturated carbocycles. The molecule has 0 saturated heterocycles. The minimum atomic E-state index is 0.325. The molecule has 1 aromatic heterocycles. The number of fused-ring (bicyclic) bond motifs is 1. The first-order valence-corrected chi connectivity index (χ1v) is 8.76. The summed E-state index contributed by atoms with van der Waals surface area (Å²) in [4.78, 5) is 2.44. The Kier molecular flexibility index (Phi) is 5.09. The third kappa shape index (κ3) is 3.41. The molecule has 0 radical (unpaired) electrons. The fraction of sp³-hybridized carbons (Fsp3) is 0.526. The molecule has 0 fully saturated rings. The second-order valence-electron chi connectivity index (χ2n) is 6.36. The number of hydrogen-bond donors (Lipinski definition) is 0. The smallest absolute Gasteiger partial charge is 0.231 e. The van der Waals surface area contributed by atoms with Crippen molar-refractivity contribution < 1.29 is 9.47 Å². The third-order valence-electron chi connectivity index (χ3n) is 4.64. The van der Waals surface area contributed by atoms with Gasteiger partial charge >= 0.3 is 0 Å². The second-order valence-corrected chi connectivity index (χ2v) is 6.36. The third-order valence-corrected chi connectivity index (χ3v) is 4.64. The first-order valence-electron chi connectivity index (χ1n) is 8.76. The SMILES string of the molecule is CCCn1nc(C)c(CN(CC)Cc2ccc3c(c2)OCO3)c1C. The van der Waals surface area contributed by atoms with Crippen LogP contribution in [0.3, 0.4) is 0 Å². The van der Waals surface area contributed by atoms with E-state index in [2.05, 4.69) is 49.4 Å². The van der Waals surface area contributed by atoms with Crippen LogP contribution in [0.1, 0.15) is 42.8 Å². The molecule has 2 heterocycles. The van der Waals surface area contributed by atoms with Gasteiger partial charge in [-0.05, 0) is 44.5 Å². The number of ether oxygens (including phenoxy) is 2. The summed E-state index contributed by atoms with van der Waals surface area (Å²) >= 11 is 0. The maximum absolute atomic E-state index is 5.49. The van der Waals surface area contributed by atoms with E-state index < -0.39 is 0 Å². The number of benzene rings is 1. The molecule has 0 amide bonds. The number of rotatable bonds is 7. The summed E-state index contributed by atoms with van der Waals surface area (Å²) in [5, 5.41) is 4.70. The van der Waals surface area contributed by atoms with Crippen molar-refractivity contribution in [2.75, 3.05) is 13.3 Å². The highest BCUT2D eigenvalue weighted by Gasteiger charge is 2.17. The van der Waals surface area contributed by atoms with Crippen molar-refractivity contribution >= 4 is 0 Å². The average molecular weight is 329 g/mol. The van der Waals surface area contributed by atoms with Gasteiger partial charge in [0.25, 0.3) is 0 Å². The topological polar surface area (TPSA) is 39.5 Å². The zero-order chi connectivity index (χ0) is 17.1. The van der Waals surface area contributed by atoms with E-state index in [-0.39, 0.29) is 0 Å². The summed E-state index contributed by atoms with van der Waals surface area (Å²) in [5.41, 5.74) is 5.03. The van der Waals surface area contributed by atoms with Crippen molar-refractivity contribution in [3.63, 3.8) is 0 Å². The van der Waals surface area contributed by atoms with Gasteiger partial charge in [0.2, 0.25) is 6.79 Å². The van der Waals surface area contributed by atoms with Crippen molar-refractivity contribution in [1.29, 1.82) is 0 Å². The highest BCUT2D eigenvalue weighted by molar-refractivity contribution is 5.44. The molecule has 3 rings (SSSR count). The molecule has 0 aliphatic carbocycles. The monoisotopic (exact) mass is 329 g/mol.